The first kappa shape index (κ1) is 19.5. The van der Waals surface area contributed by atoms with Gasteiger partial charge in [-0.05, 0) is 18.4 Å². The van der Waals surface area contributed by atoms with Gasteiger partial charge in [0.05, 0.1) is 15.4 Å². The molecule has 0 aliphatic rings. The molecule has 8 heteroatoms. The molecule has 0 saturated heterocycles. The highest BCUT2D eigenvalue weighted by Gasteiger charge is 2.28. The predicted molar refractivity (Wildman–Crippen MR) is 98.2 cm³/mol. The minimum absolute atomic E-state index is 0.0157. The van der Waals surface area contributed by atoms with Gasteiger partial charge in [-0.2, -0.15) is 0 Å². The number of hydrogen-bond donors (Lipinski definition) is 0. The second-order valence-electron chi connectivity index (χ2n) is 5.57. The van der Waals surface area contributed by atoms with Crippen LogP contribution < -0.4 is 0 Å². The van der Waals surface area contributed by atoms with E-state index in [9.17, 15) is 19.7 Å². The molecule has 2 aromatic carbocycles. The van der Waals surface area contributed by atoms with Crippen molar-refractivity contribution in [1.82, 2.24) is 4.90 Å². The Bertz CT molecular complexity index is 824. The van der Waals surface area contributed by atoms with Gasteiger partial charge in [0.2, 0.25) is 6.10 Å². The van der Waals surface area contributed by atoms with Gasteiger partial charge in [-0.25, -0.2) is 4.79 Å². The molecular weight excluding hydrogens is 356 g/mol. The minimum atomic E-state index is -1.13. The number of nitro groups is 1. The van der Waals surface area contributed by atoms with E-state index < -0.39 is 22.9 Å². The number of nitrogens with zero attached hydrogens (tertiary/aromatic N) is 2. The lowest BCUT2D eigenvalue weighted by atomic mass is 10.1. The molecule has 7 nitrogen and oxygen atoms in total. The highest BCUT2D eigenvalue weighted by atomic mass is 32.2. The maximum Gasteiger partial charge on any atom is 0.339 e. The lowest BCUT2D eigenvalue weighted by Crippen LogP contribution is -2.31. The molecule has 1 atom stereocenters. The molecule has 0 unspecified atom stereocenters. The van der Waals surface area contributed by atoms with Crippen LogP contribution in [0.5, 0.6) is 0 Å². The average molecular weight is 374 g/mol. The smallest absolute Gasteiger partial charge is 0.339 e. The standard InChI is InChI=1S/C18H18N2O5S/c1-19(2)17(21)16(12-7-5-4-6-8-12)25-18(22)13-9-10-15(26-3)14(11-13)20(23)24/h4-11,16H,1-3H3/t16-/m0/s1. The lowest BCUT2D eigenvalue weighted by Gasteiger charge is -2.21. The van der Waals surface area contributed by atoms with E-state index in [1.165, 1.54) is 28.8 Å². The molecule has 0 radical (unpaired) electrons. The van der Waals surface area contributed by atoms with E-state index in [0.29, 0.717) is 10.5 Å². The number of ether oxygens (including phenoxy) is 1. The van der Waals surface area contributed by atoms with Gasteiger partial charge in [0.15, 0.2) is 0 Å². The van der Waals surface area contributed by atoms with Crippen molar-refractivity contribution in [2.45, 2.75) is 11.0 Å². The molecule has 2 aromatic rings. The molecule has 1 amide bonds. The molecule has 0 aliphatic heterocycles. The van der Waals surface area contributed by atoms with Crippen molar-refractivity contribution in [2.24, 2.45) is 0 Å². The van der Waals surface area contributed by atoms with Crippen LogP contribution in [0.15, 0.2) is 53.4 Å². The normalized spacial score (nSPS) is 11.5. The SMILES string of the molecule is CSc1ccc(C(=O)O[C@H](C(=O)N(C)C)c2ccccc2)cc1[N+](=O)[O-]. The Labute approximate surface area is 155 Å². The molecule has 0 aromatic heterocycles. The van der Waals surface area contributed by atoms with E-state index in [1.807, 2.05) is 0 Å². The van der Waals surface area contributed by atoms with Gasteiger partial charge < -0.3 is 9.64 Å². The number of amides is 1. The third-order valence-corrected chi connectivity index (χ3v) is 4.39. The third-order valence-electron chi connectivity index (χ3n) is 3.60. The number of nitro benzene ring substituents is 1. The Morgan fingerprint density at radius 1 is 1.15 bits per heavy atom. The summed E-state index contributed by atoms with van der Waals surface area (Å²) in [5, 5.41) is 11.2. The Balaban J connectivity index is 2.34. The molecule has 0 saturated carbocycles. The fourth-order valence-corrected chi connectivity index (χ4v) is 2.80. The van der Waals surface area contributed by atoms with Crippen LogP contribution in [0.1, 0.15) is 22.0 Å². The van der Waals surface area contributed by atoms with E-state index in [-0.39, 0.29) is 11.3 Å². The Morgan fingerprint density at radius 3 is 2.35 bits per heavy atom. The van der Waals surface area contributed by atoms with E-state index in [0.717, 1.165) is 6.07 Å². The van der Waals surface area contributed by atoms with Crippen LogP contribution >= 0.6 is 11.8 Å². The van der Waals surface area contributed by atoms with Crippen LogP contribution in [0.4, 0.5) is 5.69 Å². The van der Waals surface area contributed by atoms with Crippen molar-refractivity contribution in [3.63, 3.8) is 0 Å². The first-order chi connectivity index (χ1) is 12.3. The summed E-state index contributed by atoms with van der Waals surface area (Å²) in [6.45, 7) is 0. The second kappa shape index (κ2) is 8.48. The fraction of sp³-hybridized carbons (Fsp3) is 0.222. The molecule has 0 bridgehead atoms. The summed E-state index contributed by atoms with van der Waals surface area (Å²) in [5.74, 6) is -1.20. The highest BCUT2D eigenvalue weighted by molar-refractivity contribution is 7.98. The third kappa shape index (κ3) is 4.40. The zero-order valence-corrected chi connectivity index (χ0v) is 15.4. The Kier molecular flexibility index (Phi) is 6.35. The number of hydrogen-bond acceptors (Lipinski definition) is 6. The topological polar surface area (TPSA) is 89.8 Å². The Hall–Kier alpha value is -2.87. The number of esters is 1. The number of likely N-dealkylation sites (N-methyl/N-ethyl adjacent to an activating group) is 1. The van der Waals surface area contributed by atoms with Crippen molar-refractivity contribution < 1.29 is 19.2 Å². The molecular formula is C18H18N2O5S. The number of thioether (sulfide) groups is 1. The average Bonchev–Trinajstić information content (AvgIpc) is 2.65. The summed E-state index contributed by atoms with van der Waals surface area (Å²) in [6, 6.07) is 12.7. The van der Waals surface area contributed by atoms with E-state index >= 15 is 0 Å². The molecule has 0 spiro atoms. The lowest BCUT2D eigenvalue weighted by molar-refractivity contribution is -0.387. The highest BCUT2D eigenvalue weighted by Crippen LogP contribution is 2.29. The first-order valence-corrected chi connectivity index (χ1v) is 8.87. The molecule has 0 aliphatic carbocycles. The minimum Gasteiger partial charge on any atom is -0.444 e. The molecule has 136 valence electrons. The van der Waals surface area contributed by atoms with Gasteiger partial charge in [0, 0.05) is 25.7 Å². The summed E-state index contributed by atoms with van der Waals surface area (Å²) < 4.78 is 5.39. The van der Waals surface area contributed by atoms with Gasteiger partial charge in [-0.1, -0.05) is 30.3 Å². The molecule has 26 heavy (non-hydrogen) atoms. The van der Waals surface area contributed by atoms with Crippen molar-refractivity contribution in [3.8, 4) is 0 Å². The van der Waals surface area contributed by atoms with Gasteiger partial charge in [0.1, 0.15) is 0 Å². The van der Waals surface area contributed by atoms with Crippen LogP contribution in [0.2, 0.25) is 0 Å². The van der Waals surface area contributed by atoms with E-state index in [4.69, 9.17) is 4.74 Å². The van der Waals surface area contributed by atoms with Crippen molar-refractivity contribution in [1.29, 1.82) is 0 Å². The molecule has 0 fully saturated rings. The van der Waals surface area contributed by atoms with Crippen LogP contribution in [0.3, 0.4) is 0 Å². The van der Waals surface area contributed by atoms with Crippen LogP contribution in [-0.2, 0) is 9.53 Å². The quantitative estimate of drug-likeness (QED) is 0.333. The van der Waals surface area contributed by atoms with Crippen molar-refractivity contribution >= 4 is 29.3 Å². The number of carbonyl (C=O) groups is 2. The molecule has 2 rings (SSSR count). The van der Waals surface area contributed by atoms with Gasteiger partial charge >= 0.3 is 5.97 Å². The number of benzene rings is 2. The number of carbonyl (C=O) groups excluding carboxylic acids is 2. The van der Waals surface area contributed by atoms with E-state index in [1.54, 1.807) is 50.7 Å². The first-order valence-electron chi connectivity index (χ1n) is 7.64. The summed E-state index contributed by atoms with van der Waals surface area (Å²) in [7, 11) is 3.12. The zero-order chi connectivity index (χ0) is 19.3. The number of rotatable bonds is 6. The predicted octanol–water partition coefficient (Wildman–Crippen LogP) is 3.30. The molecule has 0 heterocycles. The Morgan fingerprint density at radius 2 is 1.81 bits per heavy atom. The maximum absolute atomic E-state index is 12.5. The van der Waals surface area contributed by atoms with Crippen molar-refractivity contribution in [2.75, 3.05) is 20.4 Å². The largest absolute Gasteiger partial charge is 0.444 e. The molecule has 0 N–H and O–H groups in total. The van der Waals surface area contributed by atoms with Crippen LogP contribution in [0, 0.1) is 10.1 Å². The maximum atomic E-state index is 12.5. The zero-order valence-electron chi connectivity index (χ0n) is 14.5. The van der Waals surface area contributed by atoms with Crippen LogP contribution in [-0.4, -0.2) is 42.1 Å². The van der Waals surface area contributed by atoms with Gasteiger partial charge in [0.25, 0.3) is 11.6 Å². The summed E-state index contributed by atoms with van der Waals surface area (Å²) >= 11 is 1.21. The van der Waals surface area contributed by atoms with Gasteiger partial charge in [-0.15, -0.1) is 11.8 Å². The fourth-order valence-electron chi connectivity index (χ4n) is 2.26. The van der Waals surface area contributed by atoms with Crippen LogP contribution in [0.25, 0.3) is 0 Å². The van der Waals surface area contributed by atoms with Crippen molar-refractivity contribution in [3.05, 3.63) is 69.8 Å². The monoisotopic (exact) mass is 374 g/mol. The summed E-state index contributed by atoms with van der Waals surface area (Å²) in [4.78, 5) is 37.3. The van der Waals surface area contributed by atoms with E-state index in [2.05, 4.69) is 0 Å². The second-order valence-corrected chi connectivity index (χ2v) is 6.42. The summed E-state index contributed by atoms with van der Waals surface area (Å²) in [6.07, 6.45) is 0.583. The summed E-state index contributed by atoms with van der Waals surface area (Å²) in [5.41, 5.74) is 0.360. The van der Waals surface area contributed by atoms with Gasteiger partial charge in [-0.3, -0.25) is 14.9 Å².